The molecule has 2 aromatic rings. The number of nitrogens with zero attached hydrogens (tertiary/aromatic N) is 1. The van der Waals surface area contributed by atoms with Gasteiger partial charge in [-0.2, -0.15) is 0 Å². The first kappa shape index (κ1) is 20.4. The molecule has 1 aliphatic rings. The van der Waals surface area contributed by atoms with Crippen molar-refractivity contribution in [1.29, 1.82) is 0 Å². The number of amides is 2. The maximum absolute atomic E-state index is 12.0. The molecule has 28 heavy (non-hydrogen) atoms. The molecule has 0 fully saturated rings. The maximum Gasteiger partial charge on any atom is 0.251 e. The third kappa shape index (κ3) is 6.08. The average Bonchev–Trinajstić information content (AvgIpc) is 2.71. The minimum Gasteiger partial charge on any atom is -0.355 e. The molecule has 2 amide bonds. The van der Waals surface area contributed by atoms with E-state index in [9.17, 15) is 9.59 Å². The van der Waals surface area contributed by atoms with E-state index >= 15 is 0 Å². The van der Waals surface area contributed by atoms with Crippen LogP contribution in [0.5, 0.6) is 0 Å². The van der Waals surface area contributed by atoms with Gasteiger partial charge in [-0.05, 0) is 48.2 Å². The fourth-order valence-electron chi connectivity index (χ4n) is 3.34. The van der Waals surface area contributed by atoms with Gasteiger partial charge in [0, 0.05) is 49.7 Å². The van der Waals surface area contributed by atoms with E-state index in [1.54, 1.807) is 24.3 Å². The molecule has 0 radical (unpaired) electrons. The number of halogens is 1. The Balaban J connectivity index is 1.27. The van der Waals surface area contributed by atoms with Gasteiger partial charge in [-0.3, -0.25) is 14.5 Å². The summed E-state index contributed by atoms with van der Waals surface area (Å²) in [5, 5.41) is 6.39. The van der Waals surface area contributed by atoms with E-state index in [4.69, 9.17) is 11.6 Å². The molecule has 3 rings (SSSR count). The first-order chi connectivity index (χ1) is 13.6. The van der Waals surface area contributed by atoms with Crippen molar-refractivity contribution in [3.63, 3.8) is 0 Å². The Morgan fingerprint density at radius 3 is 2.50 bits per heavy atom. The number of hydrogen-bond donors (Lipinski definition) is 2. The van der Waals surface area contributed by atoms with Crippen LogP contribution in [0.25, 0.3) is 0 Å². The van der Waals surface area contributed by atoms with Gasteiger partial charge in [0.2, 0.25) is 5.91 Å². The van der Waals surface area contributed by atoms with Crippen molar-refractivity contribution in [3.05, 3.63) is 70.2 Å². The van der Waals surface area contributed by atoms with Crippen LogP contribution in [0, 0.1) is 0 Å². The van der Waals surface area contributed by atoms with Crippen molar-refractivity contribution in [3.8, 4) is 0 Å². The Kier molecular flexibility index (Phi) is 7.46. The normalized spacial score (nSPS) is 13.6. The quantitative estimate of drug-likeness (QED) is 0.671. The monoisotopic (exact) mass is 399 g/mol. The Morgan fingerprint density at radius 1 is 0.964 bits per heavy atom. The molecule has 0 aliphatic carbocycles. The second-order valence-electron chi connectivity index (χ2n) is 7.01. The van der Waals surface area contributed by atoms with E-state index in [0.29, 0.717) is 36.5 Å². The molecule has 1 aliphatic heterocycles. The van der Waals surface area contributed by atoms with Crippen LogP contribution < -0.4 is 10.6 Å². The second kappa shape index (κ2) is 10.2. The molecule has 6 heteroatoms. The molecule has 0 aromatic heterocycles. The van der Waals surface area contributed by atoms with E-state index in [0.717, 1.165) is 26.1 Å². The molecule has 148 valence electrons. The highest BCUT2D eigenvalue weighted by Gasteiger charge is 2.15. The number of benzene rings is 2. The third-order valence-electron chi connectivity index (χ3n) is 4.93. The Hall–Kier alpha value is -2.37. The molecule has 2 aromatic carbocycles. The van der Waals surface area contributed by atoms with Gasteiger partial charge in [-0.25, -0.2) is 0 Å². The fourth-order valence-corrected chi connectivity index (χ4v) is 3.47. The van der Waals surface area contributed by atoms with Crippen molar-refractivity contribution in [2.24, 2.45) is 0 Å². The average molecular weight is 400 g/mol. The first-order valence-electron chi connectivity index (χ1n) is 9.71. The minimum atomic E-state index is -0.151. The highest BCUT2D eigenvalue weighted by atomic mass is 35.5. The number of fused-ring (bicyclic) bond motifs is 1. The second-order valence-corrected chi connectivity index (χ2v) is 7.45. The number of rotatable bonds is 8. The largest absolute Gasteiger partial charge is 0.355 e. The Bertz CT molecular complexity index is 808. The van der Waals surface area contributed by atoms with Gasteiger partial charge in [0.15, 0.2) is 0 Å². The fraction of sp³-hybridized carbons (Fsp3) is 0.364. The number of hydrogen-bond acceptors (Lipinski definition) is 3. The van der Waals surface area contributed by atoms with Gasteiger partial charge >= 0.3 is 0 Å². The lowest BCUT2D eigenvalue weighted by molar-refractivity contribution is -0.121. The summed E-state index contributed by atoms with van der Waals surface area (Å²) in [7, 11) is 0. The zero-order chi connectivity index (χ0) is 19.8. The zero-order valence-electron chi connectivity index (χ0n) is 15.9. The van der Waals surface area contributed by atoms with Crippen LogP contribution in [-0.4, -0.2) is 42.9 Å². The van der Waals surface area contributed by atoms with Gasteiger partial charge in [-0.1, -0.05) is 35.9 Å². The molecular formula is C22H26ClN3O2. The molecule has 0 spiro atoms. The summed E-state index contributed by atoms with van der Waals surface area (Å²) in [6, 6.07) is 15.3. The predicted molar refractivity (Wildman–Crippen MR) is 111 cm³/mol. The number of carbonyl (C=O) groups is 2. The minimum absolute atomic E-state index is 0.0261. The van der Waals surface area contributed by atoms with Crippen LogP contribution in [0.3, 0.4) is 0 Å². The molecule has 2 N–H and O–H groups in total. The van der Waals surface area contributed by atoms with Crippen molar-refractivity contribution >= 4 is 23.4 Å². The summed E-state index contributed by atoms with van der Waals surface area (Å²) in [5.74, 6) is -0.124. The lowest BCUT2D eigenvalue weighted by Gasteiger charge is -2.28. The van der Waals surface area contributed by atoms with Gasteiger partial charge in [0.1, 0.15) is 0 Å². The van der Waals surface area contributed by atoms with Crippen molar-refractivity contribution in [2.75, 3.05) is 26.2 Å². The molecule has 0 atom stereocenters. The van der Waals surface area contributed by atoms with Gasteiger partial charge in [-0.15, -0.1) is 0 Å². The van der Waals surface area contributed by atoms with E-state index in [1.807, 2.05) is 0 Å². The molecule has 0 saturated carbocycles. The summed E-state index contributed by atoms with van der Waals surface area (Å²) in [5.41, 5.74) is 3.39. The number of carbonyl (C=O) groups excluding carboxylic acids is 2. The van der Waals surface area contributed by atoms with Crippen molar-refractivity contribution in [1.82, 2.24) is 15.5 Å². The van der Waals surface area contributed by atoms with Crippen molar-refractivity contribution < 1.29 is 9.59 Å². The van der Waals surface area contributed by atoms with Crippen LogP contribution in [0.2, 0.25) is 5.02 Å². The van der Waals surface area contributed by atoms with Crippen molar-refractivity contribution in [2.45, 2.75) is 25.8 Å². The summed E-state index contributed by atoms with van der Waals surface area (Å²) in [6.07, 6.45) is 2.09. The predicted octanol–water partition coefficient (Wildman–Crippen LogP) is 3.02. The zero-order valence-corrected chi connectivity index (χ0v) is 16.7. The highest BCUT2D eigenvalue weighted by molar-refractivity contribution is 6.30. The standard InChI is InChI=1S/C22H26ClN3O2/c23-20-9-7-18(8-10-20)22(28)25-12-3-6-21(27)24-13-15-26-14-11-17-4-1-2-5-19(17)16-26/h1-2,4-5,7-10H,3,6,11-16H2,(H,24,27)(H,25,28). The van der Waals surface area contributed by atoms with Gasteiger partial charge < -0.3 is 10.6 Å². The maximum atomic E-state index is 12.0. The molecule has 0 unspecified atom stereocenters. The van der Waals surface area contributed by atoms with Crippen LogP contribution in [-0.2, 0) is 17.8 Å². The lowest BCUT2D eigenvalue weighted by Crippen LogP contribution is -2.38. The first-order valence-corrected chi connectivity index (χ1v) is 10.1. The Morgan fingerprint density at radius 2 is 1.71 bits per heavy atom. The van der Waals surface area contributed by atoms with Crippen LogP contribution in [0.4, 0.5) is 0 Å². The summed E-state index contributed by atoms with van der Waals surface area (Å²) in [4.78, 5) is 26.3. The summed E-state index contributed by atoms with van der Waals surface area (Å²) < 4.78 is 0. The van der Waals surface area contributed by atoms with E-state index < -0.39 is 0 Å². The SMILES string of the molecule is O=C(CCCNC(=O)c1ccc(Cl)cc1)NCCN1CCc2ccccc2C1. The van der Waals surface area contributed by atoms with E-state index in [2.05, 4.69) is 39.8 Å². The molecule has 5 nitrogen and oxygen atoms in total. The summed E-state index contributed by atoms with van der Waals surface area (Å²) >= 11 is 5.81. The Labute approximate surface area is 171 Å². The van der Waals surface area contributed by atoms with Crippen LogP contribution in [0.15, 0.2) is 48.5 Å². The smallest absolute Gasteiger partial charge is 0.251 e. The van der Waals surface area contributed by atoms with E-state index in [1.165, 1.54) is 11.1 Å². The van der Waals surface area contributed by atoms with Crippen LogP contribution in [0.1, 0.15) is 34.3 Å². The molecule has 0 bridgehead atoms. The van der Waals surface area contributed by atoms with E-state index in [-0.39, 0.29) is 11.8 Å². The topological polar surface area (TPSA) is 61.4 Å². The highest BCUT2D eigenvalue weighted by Crippen LogP contribution is 2.17. The number of nitrogens with one attached hydrogen (secondary N) is 2. The molecular weight excluding hydrogens is 374 g/mol. The van der Waals surface area contributed by atoms with Crippen LogP contribution >= 0.6 is 11.6 Å². The molecule has 0 saturated heterocycles. The third-order valence-corrected chi connectivity index (χ3v) is 5.18. The summed E-state index contributed by atoms with van der Waals surface area (Å²) in [6.45, 7) is 3.95. The lowest BCUT2D eigenvalue weighted by atomic mass is 10.00. The van der Waals surface area contributed by atoms with Gasteiger partial charge in [0.25, 0.3) is 5.91 Å². The van der Waals surface area contributed by atoms with Gasteiger partial charge in [0.05, 0.1) is 0 Å². The molecule has 1 heterocycles.